The average Bonchev–Trinajstić information content (AvgIpc) is 2.95. The first kappa shape index (κ1) is 23.0. The summed E-state index contributed by atoms with van der Waals surface area (Å²) >= 11 is 0.280. The quantitative estimate of drug-likeness (QED) is 0.372. The van der Waals surface area contributed by atoms with E-state index in [4.69, 9.17) is 4.74 Å². The third-order valence-corrected chi connectivity index (χ3v) is 6.32. The van der Waals surface area contributed by atoms with Crippen molar-refractivity contribution < 1.29 is 32.7 Å². The second-order valence-corrected chi connectivity index (χ2v) is 8.56. The summed E-state index contributed by atoms with van der Waals surface area (Å²) in [6.45, 7) is 0.607. The average molecular weight is 455 g/mol. The van der Waals surface area contributed by atoms with Gasteiger partial charge in [-0.05, 0) is 30.9 Å². The Morgan fingerprint density at radius 2 is 2.06 bits per heavy atom. The second-order valence-electron chi connectivity index (χ2n) is 7.52. The Morgan fingerprint density at radius 1 is 1.32 bits per heavy atom. The largest absolute Gasteiger partial charge is 0.454 e. The number of benzene rings is 1. The van der Waals surface area contributed by atoms with Crippen molar-refractivity contribution in [2.45, 2.75) is 48.8 Å². The number of amides is 4. The fraction of sp³-hybridized carbons (Fsp3) is 0.500. The predicted molar refractivity (Wildman–Crippen MR) is 108 cm³/mol. The Balaban J connectivity index is 1.53. The molecule has 0 radical (unpaired) electrons. The number of nitrogens with zero attached hydrogens (tertiary/aromatic N) is 1. The summed E-state index contributed by atoms with van der Waals surface area (Å²) in [5.41, 5.74) is -0.824. The van der Waals surface area contributed by atoms with Crippen LogP contribution in [0.2, 0.25) is 0 Å². The van der Waals surface area contributed by atoms with Gasteiger partial charge >= 0.3 is 12.0 Å². The molecule has 3 rings (SSSR count). The van der Waals surface area contributed by atoms with Crippen molar-refractivity contribution in [2.75, 3.05) is 18.5 Å². The highest BCUT2D eigenvalue weighted by molar-refractivity contribution is 7.99. The number of alkyl halides is 2. The van der Waals surface area contributed by atoms with Gasteiger partial charge in [-0.15, -0.1) is 0 Å². The fourth-order valence-corrected chi connectivity index (χ4v) is 4.51. The maximum atomic E-state index is 12.8. The summed E-state index contributed by atoms with van der Waals surface area (Å²) in [5.74, 6) is -4.81. The van der Waals surface area contributed by atoms with Crippen molar-refractivity contribution in [3.8, 4) is 0 Å². The molecule has 0 bridgehead atoms. The van der Waals surface area contributed by atoms with Crippen LogP contribution in [0.3, 0.4) is 0 Å². The number of halogens is 2. The molecule has 2 atom stereocenters. The van der Waals surface area contributed by atoms with Crippen molar-refractivity contribution in [2.24, 2.45) is 5.92 Å². The van der Waals surface area contributed by atoms with Crippen molar-refractivity contribution in [3.63, 3.8) is 0 Å². The van der Waals surface area contributed by atoms with Gasteiger partial charge in [-0.1, -0.05) is 43.7 Å². The van der Waals surface area contributed by atoms with E-state index in [1.165, 1.54) is 12.1 Å². The molecule has 1 aromatic carbocycles. The van der Waals surface area contributed by atoms with Crippen LogP contribution < -0.4 is 10.6 Å². The number of ether oxygens (including phenoxy) is 1. The molecule has 0 unspecified atom stereocenters. The molecule has 1 saturated carbocycles. The van der Waals surface area contributed by atoms with Gasteiger partial charge in [-0.3, -0.25) is 19.3 Å². The van der Waals surface area contributed by atoms with Crippen LogP contribution in [0.15, 0.2) is 29.2 Å². The molecular formula is C20H23F2N3O5S. The predicted octanol–water partition coefficient (Wildman–Crippen LogP) is 2.98. The minimum Gasteiger partial charge on any atom is -0.454 e. The van der Waals surface area contributed by atoms with Crippen LogP contribution in [0.5, 0.6) is 0 Å². The van der Waals surface area contributed by atoms with E-state index >= 15 is 0 Å². The van der Waals surface area contributed by atoms with E-state index in [0.29, 0.717) is 6.42 Å². The number of hydrogen-bond donors (Lipinski definition) is 2. The number of rotatable bonds is 7. The van der Waals surface area contributed by atoms with Crippen LogP contribution in [-0.4, -0.2) is 53.2 Å². The van der Waals surface area contributed by atoms with Gasteiger partial charge in [0.25, 0.3) is 17.6 Å². The normalized spacial score (nSPS) is 23.2. The third-order valence-electron chi connectivity index (χ3n) is 5.53. The summed E-state index contributed by atoms with van der Waals surface area (Å²) in [6, 6.07) is 5.34. The molecule has 1 aliphatic heterocycles. The summed E-state index contributed by atoms with van der Waals surface area (Å²) in [6.07, 6.45) is 3.10. The first-order valence-corrected chi connectivity index (χ1v) is 10.7. The molecule has 2 N–H and O–H groups in total. The Labute approximate surface area is 182 Å². The number of thioether (sulfide) groups is 1. The Hall–Kier alpha value is -2.69. The SMILES string of the molecule is C[C@H]1CCCC[C@@]12NC(=O)N(CC(=O)OCC(=O)Nc1ccccc1SC(F)F)C2=O. The highest BCUT2D eigenvalue weighted by Crippen LogP contribution is 2.38. The van der Waals surface area contributed by atoms with Crippen LogP contribution in [-0.2, 0) is 19.1 Å². The number of nitrogens with one attached hydrogen (secondary N) is 2. The number of urea groups is 1. The van der Waals surface area contributed by atoms with Crippen LogP contribution in [0, 0.1) is 5.92 Å². The van der Waals surface area contributed by atoms with Gasteiger partial charge < -0.3 is 15.4 Å². The minimum atomic E-state index is -2.66. The number of para-hydroxylation sites is 1. The molecule has 8 nitrogen and oxygen atoms in total. The second kappa shape index (κ2) is 9.63. The van der Waals surface area contributed by atoms with E-state index in [9.17, 15) is 28.0 Å². The molecule has 1 aromatic rings. The third kappa shape index (κ3) is 5.15. The van der Waals surface area contributed by atoms with E-state index < -0.39 is 48.3 Å². The lowest BCUT2D eigenvalue weighted by atomic mass is 9.73. The number of anilines is 1. The maximum absolute atomic E-state index is 12.8. The molecule has 4 amide bonds. The van der Waals surface area contributed by atoms with Crippen molar-refractivity contribution in [1.82, 2.24) is 10.2 Å². The van der Waals surface area contributed by atoms with Gasteiger partial charge in [-0.2, -0.15) is 8.78 Å². The van der Waals surface area contributed by atoms with Gasteiger partial charge in [0, 0.05) is 4.90 Å². The van der Waals surface area contributed by atoms with Crippen LogP contribution >= 0.6 is 11.8 Å². The number of carbonyl (C=O) groups is 4. The maximum Gasteiger partial charge on any atom is 0.326 e. The summed E-state index contributed by atoms with van der Waals surface area (Å²) in [4.78, 5) is 50.3. The van der Waals surface area contributed by atoms with Gasteiger partial charge in [0.1, 0.15) is 12.1 Å². The first-order valence-electron chi connectivity index (χ1n) is 9.86. The molecule has 1 heterocycles. The highest BCUT2D eigenvalue weighted by Gasteiger charge is 2.55. The van der Waals surface area contributed by atoms with Gasteiger partial charge in [-0.25, -0.2) is 4.79 Å². The molecule has 2 aliphatic rings. The van der Waals surface area contributed by atoms with Crippen LogP contribution in [0.4, 0.5) is 19.3 Å². The number of hydrogen-bond acceptors (Lipinski definition) is 6. The number of imide groups is 1. The summed E-state index contributed by atoms with van der Waals surface area (Å²) < 4.78 is 30.1. The molecule has 1 aliphatic carbocycles. The van der Waals surface area contributed by atoms with Crippen molar-refractivity contribution >= 4 is 41.3 Å². The van der Waals surface area contributed by atoms with E-state index in [0.717, 1.165) is 24.2 Å². The molecule has 31 heavy (non-hydrogen) atoms. The molecular weight excluding hydrogens is 432 g/mol. The van der Waals surface area contributed by atoms with E-state index in [1.807, 2.05) is 6.92 Å². The van der Waals surface area contributed by atoms with Crippen LogP contribution in [0.1, 0.15) is 32.6 Å². The van der Waals surface area contributed by atoms with Crippen molar-refractivity contribution in [3.05, 3.63) is 24.3 Å². The lowest BCUT2D eigenvalue weighted by Crippen LogP contribution is -2.54. The summed E-state index contributed by atoms with van der Waals surface area (Å²) in [7, 11) is 0. The lowest BCUT2D eigenvalue weighted by Gasteiger charge is -2.36. The Morgan fingerprint density at radius 3 is 2.77 bits per heavy atom. The molecule has 1 saturated heterocycles. The zero-order chi connectivity index (χ0) is 22.6. The van der Waals surface area contributed by atoms with Gasteiger partial charge in [0.05, 0.1) is 5.69 Å². The standard InChI is InChI=1S/C20H23F2N3O5S/c1-12-6-4-5-9-20(12)17(28)25(19(29)24-20)10-16(27)30-11-15(26)23-13-7-2-3-8-14(13)31-18(21)22/h2-3,7-8,12,18H,4-6,9-11H2,1H3,(H,23,26)(H,24,29)/t12-,20+/m0/s1. The van der Waals surface area contributed by atoms with Crippen molar-refractivity contribution in [1.29, 1.82) is 0 Å². The monoisotopic (exact) mass is 455 g/mol. The molecule has 1 spiro atoms. The smallest absolute Gasteiger partial charge is 0.326 e. The first-order chi connectivity index (χ1) is 14.7. The van der Waals surface area contributed by atoms with Gasteiger partial charge in [0.15, 0.2) is 6.61 Å². The Kier molecular flexibility index (Phi) is 7.14. The van der Waals surface area contributed by atoms with E-state index in [1.54, 1.807) is 12.1 Å². The van der Waals surface area contributed by atoms with Gasteiger partial charge in [0.2, 0.25) is 0 Å². The van der Waals surface area contributed by atoms with E-state index in [-0.39, 0.29) is 28.3 Å². The minimum absolute atomic E-state index is 0.0457. The lowest BCUT2D eigenvalue weighted by molar-refractivity contribution is -0.150. The van der Waals surface area contributed by atoms with Crippen LogP contribution in [0.25, 0.3) is 0 Å². The molecule has 0 aromatic heterocycles. The highest BCUT2D eigenvalue weighted by atomic mass is 32.2. The molecule has 11 heteroatoms. The fourth-order valence-electron chi connectivity index (χ4n) is 3.91. The summed E-state index contributed by atoms with van der Waals surface area (Å²) in [5, 5.41) is 5.13. The van der Waals surface area contributed by atoms with E-state index in [2.05, 4.69) is 10.6 Å². The molecule has 2 fully saturated rings. The topological polar surface area (TPSA) is 105 Å². The zero-order valence-corrected chi connectivity index (χ0v) is 17.7. The Bertz CT molecular complexity index is 884. The zero-order valence-electron chi connectivity index (χ0n) is 16.9. The number of esters is 1. The molecule has 168 valence electrons. The number of carbonyl (C=O) groups excluding carboxylic acids is 4.